The Kier molecular flexibility index (Phi) is 18.5. The van der Waals surface area contributed by atoms with Crippen LogP contribution < -0.4 is 24.8 Å². The molecule has 0 saturated carbocycles. The molecule has 0 unspecified atom stereocenters. The maximum atomic E-state index is 2.08. The molecule has 0 spiro atoms. The summed E-state index contributed by atoms with van der Waals surface area (Å²) in [5.74, 6) is 0. The van der Waals surface area contributed by atoms with E-state index in [4.69, 9.17) is 0 Å². The number of hydrogen-bond donors (Lipinski definition) is 0. The SMILES string of the molecule is C[c-]1cccc1.[Cl-].[Cl-].[Zr+4].c1cc[cH-]c1. The van der Waals surface area contributed by atoms with Crippen molar-refractivity contribution in [3.63, 3.8) is 0 Å². The van der Waals surface area contributed by atoms with Crippen LogP contribution in [0.15, 0.2) is 54.6 Å². The van der Waals surface area contributed by atoms with E-state index in [0.29, 0.717) is 0 Å². The molecule has 3 heteroatoms. The van der Waals surface area contributed by atoms with Gasteiger partial charge >= 0.3 is 26.2 Å². The summed E-state index contributed by atoms with van der Waals surface area (Å²) in [5.41, 5.74) is 1.34. The van der Waals surface area contributed by atoms with Crippen molar-refractivity contribution in [1.82, 2.24) is 0 Å². The molecular weight excluding hydrogens is 294 g/mol. The van der Waals surface area contributed by atoms with Gasteiger partial charge in [0.1, 0.15) is 0 Å². The summed E-state index contributed by atoms with van der Waals surface area (Å²) >= 11 is 0. The van der Waals surface area contributed by atoms with Crippen LogP contribution in [0.5, 0.6) is 0 Å². The maximum absolute atomic E-state index is 2.08. The molecule has 74 valence electrons. The summed E-state index contributed by atoms with van der Waals surface area (Å²) in [5, 5.41) is 0. The van der Waals surface area contributed by atoms with Gasteiger partial charge in [0.25, 0.3) is 0 Å². The first-order valence-electron chi connectivity index (χ1n) is 3.74. The quantitative estimate of drug-likeness (QED) is 0.459. The molecule has 0 aliphatic carbocycles. The average Bonchev–Trinajstić information content (AvgIpc) is 2.57. The zero-order valence-corrected chi connectivity index (χ0v) is 11.9. The van der Waals surface area contributed by atoms with Crippen LogP contribution in [0.1, 0.15) is 5.56 Å². The Bertz CT molecular complexity index is 231. The maximum Gasteiger partial charge on any atom is 4.00 e. The molecule has 0 atom stereocenters. The van der Waals surface area contributed by atoms with Crippen molar-refractivity contribution in [3.05, 3.63) is 60.2 Å². The molecule has 0 nitrogen and oxygen atoms in total. The van der Waals surface area contributed by atoms with Gasteiger partial charge in [-0.1, -0.05) is 6.92 Å². The van der Waals surface area contributed by atoms with E-state index in [0.717, 1.165) is 0 Å². The molecular formula is C11H12Cl2Zr. The van der Waals surface area contributed by atoms with Gasteiger partial charge < -0.3 is 24.8 Å². The molecule has 0 aliphatic rings. The Morgan fingerprint density at radius 2 is 1.29 bits per heavy atom. The first-order chi connectivity index (χ1) is 5.39. The van der Waals surface area contributed by atoms with Crippen molar-refractivity contribution >= 4 is 0 Å². The molecule has 0 fully saturated rings. The molecule has 0 bridgehead atoms. The molecule has 0 amide bonds. The Labute approximate surface area is 117 Å². The second-order valence-corrected chi connectivity index (χ2v) is 2.42. The van der Waals surface area contributed by atoms with Gasteiger partial charge in [0.05, 0.1) is 0 Å². The van der Waals surface area contributed by atoms with E-state index < -0.39 is 0 Å². The van der Waals surface area contributed by atoms with Crippen LogP contribution in [-0.4, -0.2) is 0 Å². The Hall–Kier alpha value is 0.163. The van der Waals surface area contributed by atoms with Crippen molar-refractivity contribution in [3.8, 4) is 0 Å². The van der Waals surface area contributed by atoms with Crippen molar-refractivity contribution < 1.29 is 51.0 Å². The molecule has 14 heavy (non-hydrogen) atoms. The fraction of sp³-hybridized carbons (Fsp3) is 0.0909. The third kappa shape index (κ3) is 10.2. The minimum Gasteiger partial charge on any atom is -1.00 e. The van der Waals surface area contributed by atoms with E-state index in [-0.39, 0.29) is 51.0 Å². The summed E-state index contributed by atoms with van der Waals surface area (Å²) < 4.78 is 0. The van der Waals surface area contributed by atoms with Crippen LogP contribution in [0.25, 0.3) is 0 Å². The van der Waals surface area contributed by atoms with E-state index in [1.165, 1.54) is 5.56 Å². The van der Waals surface area contributed by atoms with Crippen LogP contribution in [-0.2, 0) is 26.2 Å². The van der Waals surface area contributed by atoms with Crippen molar-refractivity contribution in [2.45, 2.75) is 6.92 Å². The topological polar surface area (TPSA) is 0 Å². The summed E-state index contributed by atoms with van der Waals surface area (Å²) in [7, 11) is 0. The second kappa shape index (κ2) is 13.2. The molecule has 0 aliphatic heterocycles. The fourth-order valence-electron chi connectivity index (χ4n) is 0.791. The van der Waals surface area contributed by atoms with Gasteiger partial charge in [0.2, 0.25) is 0 Å². The molecule has 2 rings (SSSR count). The normalized spacial score (nSPS) is 6.64. The summed E-state index contributed by atoms with van der Waals surface area (Å²) in [6.45, 7) is 2.08. The average molecular weight is 306 g/mol. The molecule has 0 N–H and O–H groups in total. The molecule has 0 radical (unpaired) electrons. The van der Waals surface area contributed by atoms with Crippen molar-refractivity contribution in [2.24, 2.45) is 0 Å². The Morgan fingerprint density at radius 3 is 1.43 bits per heavy atom. The predicted molar refractivity (Wildman–Crippen MR) is 48.8 cm³/mol. The minimum atomic E-state index is 0. The van der Waals surface area contributed by atoms with E-state index in [2.05, 4.69) is 19.1 Å². The molecule has 0 saturated heterocycles. The van der Waals surface area contributed by atoms with E-state index >= 15 is 0 Å². The van der Waals surface area contributed by atoms with Crippen LogP contribution in [0.2, 0.25) is 0 Å². The number of aryl methyl sites for hydroxylation is 1. The third-order valence-electron chi connectivity index (χ3n) is 1.38. The Balaban J connectivity index is -0.000000144. The van der Waals surface area contributed by atoms with Gasteiger partial charge in [-0.3, -0.25) is 0 Å². The first kappa shape index (κ1) is 19.7. The second-order valence-electron chi connectivity index (χ2n) is 2.42. The van der Waals surface area contributed by atoms with Crippen LogP contribution in [0.4, 0.5) is 0 Å². The van der Waals surface area contributed by atoms with E-state index in [1.807, 2.05) is 42.5 Å². The van der Waals surface area contributed by atoms with Gasteiger partial charge in [-0.2, -0.15) is 35.9 Å². The minimum absolute atomic E-state index is 0. The molecule has 2 aromatic rings. The Morgan fingerprint density at radius 1 is 0.857 bits per heavy atom. The van der Waals surface area contributed by atoms with Crippen molar-refractivity contribution in [1.29, 1.82) is 0 Å². The van der Waals surface area contributed by atoms with Gasteiger partial charge in [-0.25, -0.2) is 24.3 Å². The smallest absolute Gasteiger partial charge is 1.00 e. The zero-order chi connectivity index (χ0) is 7.94. The number of halogens is 2. The zero-order valence-electron chi connectivity index (χ0n) is 7.95. The monoisotopic (exact) mass is 304 g/mol. The van der Waals surface area contributed by atoms with Crippen LogP contribution in [0, 0.1) is 6.92 Å². The summed E-state index contributed by atoms with van der Waals surface area (Å²) in [4.78, 5) is 0. The van der Waals surface area contributed by atoms with E-state index in [1.54, 1.807) is 0 Å². The standard InChI is InChI=1S/C6H7.C5H5.2ClH.Zr/c1-6-4-2-3-5-6;1-2-4-5-3-1;;;/h2-5H,1H3;1-5H;2*1H;/q2*-1;;;+4/p-2. The molecule has 2 aromatic carbocycles. The molecule has 0 heterocycles. The largest absolute Gasteiger partial charge is 4.00 e. The van der Waals surface area contributed by atoms with Crippen molar-refractivity contribution in [2.75, 3.05) is 0 Å². The van der Waals surface area contributed by atoms with Gasteiger partial charge in [-0.15, -0.1) is 0 Å². The fourth-order valence-corrected chi connectivity index (χ4v) is 0.791. The van der Waals surface area contributed by atoms with Crippen LogP contribution >= 0.6 is 0 Å². The number of hydrogen-bond acceptors (Lipinski definition) is 0. The summed E-state index contributed by atoms with van der Waals surface area (Å²) in [6, 6.07) is 18.2. The van der Waals surface area contributed by atoms with Crippen LogP contribution in [0.3, 0.4) is 0 Å². The first-order valence-corrected chi connectivity index (χ1v) is 3.74. The van der Waals surface area contributed by atoms with E-state index in [9.17, 15) is 0 Å². The third-order valence-corrected chi connectivity index (χ3v) is 1.38. The molecule has 0 aromatic heterocycles. The summed E-state index contributed by atoms with van der Waals surface area (Å²) in [6.07, 6.45) is 0. The van der Waals surface area contributed by atoms with Gasteiger partial charge in [0, 0.05) is 0 Å². The predicted octanol–water partition coefficient (Wildman–Crippen LogP) is -2.88. The van der Waals surface area contributed by atoms with Gasteiger partial charge in [0.15, 0.2) is 0 Å². The number of rotatable bonds is 0. The van der Waals surface area contributed by atoms with Gasteiger partial charge in [-0.05, 0) is 0 Å².